The van der Waals surface area contributed by atoms with Crippen molar-refractivity contribution in [1.82, 2.24) is 10.2 Å². The van der Waals surface area contributed by atoms with E-state index >= 15 is 0 Å². The highest BCUT2D eigenvalue weighted by Gasteiger charge is 2.22. The Labute approximate surface area is 145 Å². The fraction of sp³-hybridized carbons (Fsp3) is 0.263. The van der Waals surface area contributed by atoms with Crippen molar-refractivity contribution in [2.24, 2.45) is 0 Å². The highest BCUT2D eigenvalue weighted by atomic mass is 32.1. The van der Waals surface area contributed by atoms with Crippen molar-refractivity contribution in [3.8, 4) is 11.3 Å². The first-order chi connectivity index (χ1) is 11.7. The third kappa shape index (κ3) is 3.26. The second-order valence-corrected chi connectivity index (χ2v) is 6.43. The van der Waals surface area contributed by atoms with E-state index in [0.29, 0.717) is 0 Å². The van der Waals surface area contributed by atoms with Gasteiger partial charge in [-0.3, -0.25) is 9.89 Å². The molecule has 0 saturated heterocycles. The zero-order chi connectivity index (χ0) is 16.9. The zero-order valence-electron chi connectivity index (χ0n) is 13.9. The molecule has 0 saturated carbocycles. The van der Waals surface area contributed by atoms with Crippen molar-refractivity contribution in [2.45, 2.75) is 32.6 Å². The molecule has 0 aliphatic carbocycles. The smallest absolute Gasteiger partial charge is 0.232 e. The van der Waals surface area contributed by atoms with E-state index in [2.05, 4.69) is 22.4 Å². The molecule has 1 atom stereocenters. The third-order valence-corrected chi connectivity index (χ3v) is 4.85. The van der Waals surface area contributed by atoms with Crippen LogP contribution in [-0.2, 0) is 11.2 Å². The number of aromatic nitrogens is 2. The maximum Gasteiger partial charge on any atom is 0.232 e. The van der Waals surface area contributed by atoms with Gasteiger partial charge in [-0.15, -0.1) is 0 Å². The van der Waals surface area contributed by atoms with Crippen LogP contribution in [0, 0.1) is 0 Å². The summed E-state index contributed by atoms with van der Waals surface area (Å²) in [5.74, 6) is -0.155. The molecule has 0 spiro atoms. The Morgan fingerprint density at radius 1 is 1.25 bits per heavy atom. The summed E-state index contributed by atoms with van der Waals surface area (Å²) < 4.78 is 0. The minimum absolute atomic E-state index is 0.0104. The van der Waals surface area contributed by atoms with E-state index in [1.807, 2.05) is 54.1 Å². The van der Waals surface area contributed by atoms with E-state index in [9.17, 15) is 4.79 Å². The second-order valence-electron chi connectivity index (χ2n) is 5.65. The molecule has 0 aliphatic heterocycles. The number of hydrogen-bond donors (Lipinski definition) is 2. The van der Waals surface area contributed by atoms with Gasteiger partial charge in [-0.05, 0) is 29.9 Å². The Kier molecular flexibility index (Phi) is 5.11. The van der Waals surface area contributed by atoms with Gasteiger partial charge in [0.25, 0.3) is 0 Å². The molecule has 1 amide bonds. The van der Waals surface area contributed by atoms with E-state index in [0.717, 1.165) is 41.0 Å². The second kappa shape index (κ2) is 7.45. The molecule has 3 rings (SSSR count). The number of rotatable bonds is 6. The summed E-state index contributed by atoms with van der Waals surface area (Å²) in [5, 5.41) is 14.6. The summed E-state index contributed by atoms with van der Waals surface area (Å²) in [6.45, 7) is 4.09. The van der Waals surface area contributed by atoms with E-state index < -0.39 is 0 Å². The number of H-pyrrole nitrogens is 1. The summed E-state index contributed by atoms with van der Waals surface area (Å²) in [6.07, 6.45) is 1.54. The highest BCUT2D eigenvalue weighted by molar-refractivity contribution is 7.08. The summed E-state index contributed by atoms with van der Waals surface area (Å²) in [5.41, 5.74) is 4.63. The largest absolute Gasteiger partial charge is 0.322 e. The van der Waals surface area contributed by atoms with Gasteiger partial charge in [-0.25, -0.2) is 0 Å². The van der Waals surface area contributed by atoms with Gasteiger partial charge in [-0.2, -0.15) is 16.4 Å². The average molecular weight is 339 g/mol. The van der Waals surface area contributed by atoms with Crippen molar-refractivity contribution in [2.75, 3.05) is 5.32 Å². The average Bonchev–Trinajstić information content (AvgIpc) is 3.25. The number of amides is 1. The molecule has 2 heterocycles. The normalized spacial score (nSPS) is 12.1. The predicted molar refractivity (Wildman–Crippen MR) is 99.4 cm³/mol. The van der Waals surface area contributed by atoms with E-state index in [4.69, 9.17) is 0 Å². The lowest BCUT2D eigenvalue weighted by Gasteiger charge is -2.16. The number of anilines is 1. The van der Waals surface area contributed by atoms with Crippen molar-refractivity contribution in [3.05, 3.63) is 58.4 Å². The van der Waals surface area contributed by atoms with Gasteiger partial charge in [0, 0.05) is 10.9 Å². The monoisotopic (exact) mass is 339 g/mol. The minimum atomic E-state index is -0.166. The zero-order valence-corrected chi connectivity index (χ0v) is 14.7. The molecule has 3 aromatic rings. The SMILES string of the molecule is CCc1[nH]nc(-c2ccsc2)c1NC(=O)C(CC)c1ccccc1. The highest BCUT2D eigenvalue weighted by Crippen LogP contribution is 2.32. The van der Waals surface area contributed by atoms with Gasteiger partial charge < -0.3 is 5.32 Å². The Hall–Kier alpha value is -2.40. The molecule has 0 radical (unpaired) electrons. The lowest BCUT2D eigenvalue weighted by atomic mass is 9.95. The third-order valence-electron chi connectivity index (χ3n) is 4.16. The maximum absolute atomic E-state index is 12.9. The molecule has 5 heteroatoms. The summed E-state index contributed by atoms with van der Waals surface area (Å²) >= 11 is 1.62. The molecule has 24 heavy (non-hydrogen) atoms. The number of carbonyl (C=O) groups is 1. The molecular weight excluding hydrogens is 318 g/mol. The van der Waals surface area contributed by atoms with Gasteiger partial charge >= 0.3 is 0 Å². The Morgan fingerprint density at radius 3 is 2.67 bits per heavy atom. The first-order valence-electron chi connectivity index (χ1n) is 8.20. The van der Waals surface area contributed by atoms with Crippen molar-refractivity contribution >= 4 is 22.9 Å². The van der Waals surface area contributed by atoms with Crippen LogP contribution < -0.4 is 5.32 Å². The van der Waals surface area contributed by atoms with Crippen LogP contribution in [-0.4, -0.2) is 16.1 Å². The van der Waals surface area contributed by atoms with Gasteiger partial charge in [0.05, 0.1) is 17.3 Å². The van der Waals surface area contributed by atoms with Crippen LogP contribution in [0.15, 0.2) is 47.2 Å². The fourth-order valence-corrected chi connectivity index (χ4v) is 3.49. The molecule has 0 bridgehead atoms. The first-order valence-corrected chi connectivity index (χ1v) is 9.14. The summed E-state index contributed by atoms with van der Waals surface area (Å²) in [6, 6.07) is 11.9. The van der Waals surface area contributed by atoms with Crippen LogP contribution in [0.1, 0.15) is 37.4 Å². The topological polar surface area (TPSA) is 57.8 Å². The van der Waals surface area contributed by atoms with Crippen LogP contribution in [0.3, 0.4) is 0 Å². The molecule has 1 aromatic carbocycles. The molecular formula is C19H21N3OS. The number of aryl methyl sites for hydroxylation is 1. The summed E-state index contributed by atoms with van der Waals surface area (Å²) in [7, 11) is 0. The van der Waals surface area contributed by atoms with Gasteiger partial charge in [0.1, 0.15) is 5.69 Å². The molecule has 4 nitrogen and oxygen atoms in total. The number of thiophene rings is 1. The first kappa shape index (κ1) is 16.5. The number of hydrogen-bond acceptors (Lipinski definition) is 3. The molecule has 124 valence electrons. The molecule has 0 fully saturated rings. The van der Waals surface area contributed by atoms with E-state index in [1.165, 1.54) is 0 Å². The van der Waals surface area contributed by atoms with Crippen LogP contribution in [0.2, 0.25) is 0 Å². The molecule has 2 N–H and O–H groups in total. The quantitative estimate of drug-likeness (QED) is 0.675. The Bertz CT molecular complexity index is 793. The maximum atomic E-state index is 12.9. The van der Waals surface area contributed by atoms with Gasteiger partial charge in [0.15, 0.2) is 0 Å². The molecule has 0 aliphatic rings. The van der Waals surface area contributed by atoms with E-state index in [1.54, 1.807) is 11.3 Å². The van der Waals surface area contributed by atoms with Crippen molar-refractivity contribution in [1.29, 1.82) is 0 Å². The van der Waals surface area contributed by atoms with Gasteiger partial charge in [0.2, 0.25) is 5.91 Å². The van der Waals surface area contributed by atoms with Crippen LogP contribution >= 0.6 is 11.3 Å². The van der Waals surface area contributed by atoms with Crippen molar-refractivity contribution in [3.63, 3.8) is 0 Å². The minimum Gasteiger partial charge on any atom is -0.322 e. The van der Waals surface area contributed by atoms with E-state index in [-0.39, 0.29) is 11.8 Å². The lowest BCUT2D eigenvalue weighted by molar-refractivity contribution is -0.117. The standard InChI is InChI=1S/C19H21N3OS/c1-3-15(13-8-6-5-7-9-13)19(23)20-18-16(4-2)21-22-17(18)14-10-11-24-12-14/h5-12,15H,3-4H2,1-2H3,(H,20,23)(H,21,22). The van der Waals surface area contributed by atoms with Gasteiger partial charge in [-0.1, -0.05) is 44.2 Å². The number of benzene rings is 1. The summed E-state index contributed by atoms with van der Waals surface area (Å²) in [4.78, 5) is 12.9. The molecule has 2 aromatic heterocycles. The fourth-order valence-electron chi connectivity index (χ4n) is 2.84. The lowest BCUT2D eigenvalue weighted by Crippen LogP contribution is -2.21. The number of nitrogens with one attached hydrogen (secondary N) is 2. The van der Waals surface area contributed by atoms with Crippen molar-refractivity contribution < 1.29 is 4.79 Å². The number of carbonyl (C=O) groups excluding carboxylic acids is 1. The van der Waals surface area contributed by atoms with Crippen LogP contribution in [0.4, 0.5) is 5.69 Å². The number of nitrogens with zero attached hydrogens (tertiary/aromatic N) is 1. The Balaban J connectivity index is 1.90. The molecule has 1 unspecified atom stereocenters. The number of aromatic amines is 1. The van der Waals surface area contributed by atoms with Crippen LogP contribution in [0.5, 0.6) is 0 Å². The Morgan fingerprint density at radius 2 is 2.04 bits per heavy atom. The van der Waals surface area contributed by atoms with Crippen LogP contribution in [0.25, 0.3) is 11.3 Å². The predicted octanol–water partition coefficient (Wildman–Crippen LogP) is 4.83.